The number of rotatable bonds is 5. The molecule has 2 fully saturated rings. The Kier molecular flexibility index (Phi) is 7.22. The molecule has 9 nitrogen and oxygen atoms in total. The van der Waals surface area contributed by atoms with Crippen molar-refractivity contribution in [2.24, 2.45) is 13.0 Å². The lowest BCUT2D eigenvalue weighted by atomic mass is 9.95. The molecule has 0 unspecified atom stereocenters. The van der Waals surface area contributed by atoms with Crippen LogP contribution in [0.1, 0.15) is 17.7 Å². The number of anilines is 1. The van der Waals surface area contributed by atoms with Gasteiger partial charge >= 0.3 is 0 Å². The van der Waals surface area contributed by atoms with Gasteiger partial charge in [0.15, 0.2) is 0 Å². The molecule has 0 saturated carbocycles. The SMILES string of the molecule is Cn1nc(N2CCC(C(=O)N3CCN(S(=O)(=O)C=Cc4ccc(Cl)s4)CC3)CC2)ccc1=O. The number of sulfonamides is 1. The zero-order valence-electron chi connectivity index (χ0n) is 18.3. The molecule has 0 radical (unpaired) electrons. The van der Waals surface area contributed by atoms with Crippen LogP contribution in [0.2, 0.25) is 4.34 Å². The Hall–Kier alpha value is -2.21. The Labute approximate surface area is 201 Å². The highest BCUT2D eigenvalue weighted by molar-refractivity contribution is 7.92. The molecule has 0 bridgehead atoms. The van der Waals surface area contributed by atoms with Crippen LogP contribution in [-0.2, 0) is 21.9 Å². The molecule has 178 valence electrons. The molecule has 2 aliphatic rings. The van der Waals surface area contributed by atoms with Crippen molar-refractivity contribution in [2.75, 3.05) is 44.2 Å². The maximum absolute atomic E-state index is 13.0. The van der Waals surface area contributed by atoms with E-state index < -0.39 is 10.0 Å². The third-order valence-corrected chi connectivity index (χ3v) is 8.78. The Morgan fingerprint density at radius 2 is 1.79 bits per heavy atom. The molecule has 2 aromatic heterocycles. The number of nitrogens with zero attached hydrogens (tertiary/aromatic N) is 5. The molecule has 0 spiro atoms. The van der Waals surface area contributed by atoms with E-state index in [1.54, 1.807) is 36.2 Å². The molecule has 0 N–H and O–H groups in total. The summed E-state index contributed by atoms with van der Waals surface area (Å²) < 4.78 is 28.6. The van der Waals surface area contributed by atoms with Gasteiger partial charge < -0.3 is 9.80 Å². The van der Waals surface area contributed by atoms with Gasteiger partial charge in [0.25, 0.3) is 5.56 Å². The van der Waals surface area contributed by atoms with Crippen molar-refractivity contribution in [1.29, 1.82) is 0 Å². The fourth-order valence-electron chi connectivity index (χ4n) is 4.09. The van der Waals surface area contributed by atoms with Crippen molar-refractivity contribution >= 4 is 50.8 Å². The number of carbonyl (C=O) groups excluding carboxylic acids is 1. The zero-order valence-corrected chi connectivity index (χ0v) is 20.7. The lowest BCUT2D eigenvalue weighted by molar-refractivity contribution is -0.137. The van der Waals surface area contributed by atoms with Gasteiger partial charge in [-0.3, -0.25) is 9.59 Å². The Morgan fingerprint density at radius 1 is 1.09 bits per heavy atom. The van der Waals surface area contributed by atoms with E-state index in [2.05, 4.69) is 10.00 Å². The van der Waals surface area contributed by atoms with E-state index in [0.717, 1.165) is 10.7 Å². The van der Waals surface area contributed by atoms with E-state index in [1.807, 2.05) is 0 Å². The first-order valence-electron chi connectivity index (χ1n) is 10.7. The fraction of sp³-hybridized carbons (Fsp3) is 0.476. The standard InChI is InChI=1S/C21H26ClN5O4S2/c1-24-20(28)5-4-19(23-24)25-9-6-16(7-10-25)21(29)26-11-13-27(14-12-26)33(30,31)15-8-17-2-3-18(22)32-17/h2-5,8,15-16H,6-7,9-14H2,1H3. The van der Waals surface area contributed by atoms with Crippen molar-refractivity contribution in [1.82, 2.24) is 19.0 Å². The minimum absolute atomic E-state index is 0.0830. The van der Waals surface area contributed by atoms with Crippen LogP contribution in [0.5, 0.6) is 0 Å². The first-order valence-corrected chi connectivity index (χ1v) is 13.4. The average Bonchev–Trinajstić information content (AvgIpc) is 3.24. The van der Waals surface area contributed by atoms with Gasteiger partial charge in [0.05, 0.1) is 4.34 Å². The summed E-state index contributed by atoms with van der Waals surface area (Å²) in [5.41, 5.74) is -0.156. The van der Waals surface area contributed by atoms with E-state index >= 15 is 0 Å². The summed E-state index contributed by atoms with van der Waals surface area (Å²) in [4.78, 5) is 29.2. The van der Waals surface area contributed by atoms with Gasteiger partial charge in [0, 0.05) is 68.6 Å². The summed E-state index contributed by atoms with van der Waals surface area (Å²) in [6.45, 7) is 2.72. The number of halogens is 1. The van der Waals surface area contributed by atoms with Gasteiger partial charge in [-0.25, -0.2) is 13.1 Å². The predicted octanol–water partition coefficient (Wildman–Crippen LogP) is 1.86. The molecular formula is C21H26ClN5O4S2. The molecule has 1 amide bonds. The molecule has 12 heteroatoms. The van der Waals surface area contributed by atoms with Gasteiger partial charge in [-0.15, -0.1) is 11.3 Å². The third-order valence-electron chi connectivity index (χ3n) is 6.02. The number of thiophene rings is 1. The molecule has 4 heterocycles. The molecule has 0 aromatic carbocycles. The van der Waals surface area contributed by atoms with Gasteiger partial charge in [-0.1, -0.05) is 11.6 Å². The second kappa shape index (κ2) is 9.96. The number of amides is 1. The van der Waals surface area contributed by atoms with E-state index in [4.69, 9.17) is 11.6 Å². The van der Waals surface area contributed by atoms with Crippen molar-refractivity contribution in [3.8, 4) is 0 Å². The Balaban J connectivity index is 1.28. The van der Waals surface area contributed by atoms with E-state index in [0.29, 0.717) is 43.4 Å². The lowest BCUT2D eigenvalue weighted by Crippen LogP contribution is -2.52. The van der Waals surface area contributed by atoms with Crippen LogP contribution in [0.4, 0.5) is 5.82 Å². The largest absolute Gasteiger partial charge is 0.355 e. The van der Waals surface area contributed by atoms with Gasteiger partial charge in [-0.05, 0) is 37.1 Å². The van der Waals surface area contributed by atoms with Crippen LogP contribution in [0.25, 0.3) is 6.08 Å². The number of hydrogen-bond donors (Lipinski definition) is 0. The highest BCUT2D eigenvalue weighted by atomic mass is 35.5. The first-order chi connectivity index (χ1) is 15.7. The van der Waals surface area contributed by atoms with Crippen LogP contribution in [0, 0.1) is 5.92 Å². The van der Waals surface area contributed by atoms with Crippen LogP contribution < -0.4 is 10.5 Å². The predicted molar refractivity (Wildman–Crippen MR) is 130 cm³/mol. The summed E-state index contributed by atoms with van der Waals surface area (Å²) in [7, 11) is -1.93. The van der Waals surface area contributed by atoms with Crippen molar-refractivity contribution in [2.45, 2.75) is 12.8 Å². The summed E-state index contributed by atoms with van der Waals surface area (Å²) in [5, 5.41) is 5.49. The molecule has 0 atom stereocenters. The molecule has 2 aromatic rings. The Bertz CT molecular complexity index is 1190. The first kappa shape index (κ1) is 23.9. The molecule has 2 saturated heterocycles. The van der Waals surface area contributed by atoms with Gasteiger partial charge in [0.2, 0.25) is 15.9 Å². The van der Waals surface area contributed by atoms with Gasteiger partial charge in [-0.2, -0.15) is 9.40 Å². The number of aryl methyl sites for hydroxylation is 1. The molecular weight excluding hydrogens is 486 g/mol. The third kappa shape index (κ3) is 5.65. The van der Waals surface area contributed by atoms with Crippen LogP contribution in [0.3, 0.4) is 0 Å². The fourth-order valence-corrected chi connectivity index (χ4v) is 6.31. The van der Waals surface area contributed by atoms with Gasteiger partial charge in [0.1, 0.15) is 5.82 Å². The van der Waals surface area contributed by atoms with Crippen molar-refractivity contribution in [3.63, 3.8) is 0 Å². The van der Waals surface area contributed by atoms with E-state index in [-0.39, 0.29) is 30.5 Å². The lowest BCUT2D eigenvalue weighted by Gasteiger charge is -2.38. The second-order valence-electron chi connectivity index (χ2n) is 8.13. The Morgan fingerprint density at radius 3 is 2.39 bits per heavy atom. The smallest absolute Gasteiger partial charge is 0.266 e. The number of hydrogen-bond acceptors (Lipinski definition) is 7. The maximum atomic E-state index is 13.0. The molecule has 2 aliphatic heterocycles. The number of aromatic nitrogens is 2. The summed E-state index contributed by atoms with van der Waals surface area (Å²) in [6, 6.07) is 6.71. The number of piperazine rings is 1. The quantitative estimate of drug-likeness (QED) is 0.608. The molecule has 33 heavy (non-hydrogen) atoms. The molecule has 4 rings (SSSR count). The second-order valence-corrected chi connectivity index (χ2v) is 11.7. The highest BCUT2D eigenvalue weighted by Crippen LogP contribution is 2.25. The minimum Gasteiger partial charge on any atom is -0.355 e. The molecule has 0 aliphatic carbocycles. The average molecular weight is 512 g/mol. The maximum Gasteiger partial charge on any atom is 0.266 e. The van der Waals surface area contributed by atoms with Crippen molar-refractivity contribution < 1.29 is 13.2 Å². The van der Waals surface area contributed by atoms with Crippen LogP contribution in [-0.4, -0.2) is 72.6 Å². The number of piperidine rings is 1. The normalized spacial score (nSPS) is 18.8. The minimum atomic E-state index is -3.55. The van der Waals surface area contributed by atoms with Crippen LogP contribution in [0.15, 0.2) is 34.5 Å². The summed E-state index contributed by atoms with van der Waals surface area (Å²) in [5.74, 6) is 0.740. The topological polar surface area (TPSA) is 95.8 Å². The number of carbonyl (C=O) groups is 1. The zero-order chi connectivity index (χ0) is 23.6. The summed E-state index contributed by atoms with van der Waals surface area (Å²) in [6.07, 6.45) is 2.96. The van der Waals surface area contributed by atoms with E-state index in [9.17, 15) is 18.0 Å². The van der Waals surface area contributed by atoms with Crippen LogP contribution >= 0.6 is 22.9 Å². The monoisotopic (exact) mass is 511 g/mol. The van der Waals surface area contributed by atoms with Crippen molar-refractivity contribution in [3.05, 3.63) is 49.2 Å². The highest BCUT2D eigenvalue weighted by Gasteiger charge is 2.33. The summed E-state index contributed by atoms with van der Waals surface area (Å²) >= 11 is 7.20. The van der Waals surface area contributed by atoms with E-state index in [1.165, 1.54) is 31.8 Å².